The Hall–Kier alpha value is -3.19. The van der Waals surface area contributed by atoms with Gasteiger partial charge in [-0.05, 0) is 12.1 Å². The first kappa shape index (κ1) is 12.8. The fourth-order valence-corrected chi connectivity index (χ4v) is 2.25. The molecule has 0 bridgehead atoms. The number of anilines is 1. The predicted molar refractivity (Wildman–Crippen MR) is 80.3 cm³/mol. The largest absolute Gasteiger partial charge is 0.394 e. The second kappa shape index (κ2) is 5.43. The molecule has 0 aliphatic rings. The highest BCUT2D eigenvalue weighted by atomic mass is 15.0. The van der Waals surface area contributed by atoms with E-state index in [1.807, 2.05) is 59.3 Å². The van der Waals surface area contributed by atoms with Gasteiger partial charge in [-0.15, -0.1) is 0 Å². The number of pyridine rings is 2. The van der Waals surface area contributed by atoms with Gasteiger partial charge in [0.2, 0.25) is 11.4 Å². The van der Waals surface area contributed by atoms with Gasteiger partial charge in [0.05, 0.1) is 16.8 Å². The molecule has 0 amide bonds. The normalized spacial score (nSPS) is 10.0. The van der Waals surface area contributed by atoms with E-state index in [0.717, 1.165) is 16.9 Å². The van der Waals surface area contributed by atoms with E-state index in [0.29, 0.717) is 11.3 Å². The minimum atomic E-state index is 0.534. The first-order chi connectivity index (χ1) is 10.3. The summed E-state index contributed by atoms with van der Waals surface area (Å²) in [6.07, 6.45) is 5.11. The van der Waals surface area contributed by atoms with E-state index in [2.05, 4.69) is 11.1 Å². The van der Waals surface area contributed by atoms with E-state index in [1.165, 1.54) is 0 Å². The molecule has 2 N–H and O–H groups in total. The average molecular weight is 273 g/mol. The standard InChI is InChI=1S/C17H13N4/c18-10-13-11-20-9-8-16(13)17-7-6-14(19)12-21(17)15-4-2-1-3-5-15/h1-9,11-12H,19H2/q+1. The fourth-order valence-electron chi connectivity index (χ4n) is 2.25. The van der Waals surface area contributed by atoms with Gasteiger partial charge in [-0.3, -0.25) is 4.98 Å². The van der Waals surface area contributed by atoms with Crippen LogP contribution in [-0.4, -0.2) is 4.98 Å². The topological polar surface area (TPSA) is 66.6 Å². The lowest BCUT2D eigenvalue weighted by atomic mass is 10.1. The van der Waals surface area contributed by atoms with Crippen LogP contribution in [0.2, 0.25) is 0 Å². The number of nitrogens with zero attached hydrogens (tertiary/aromatic N) is 3. The minimum absolute atomic E-state index is 0.534. The van der Waals surface area contributed by atoms with Gasteiger partial charge in [0.15, 0.2) is 6.20 Å². The molecule has 4 heteroatoms. The van der Waals surface area contributed by atoms with Crippen molar-refractivity contribution < 1.29 is 4.57 Å². The Balaban J connectivity index is 2.27. The Bertz CT molecular complexity index is 820. The third kappa shape index (κ3) is 2.45. The van der Waals surface area contributed by atoms with Gasteiger partial charge in [-0.25, -0.2) is 0 Å². The second-order valence-electron chi connectivity index (χ2n) is 4.59. The number of para-hydroxylation sites is 1. The summed E-state index contributed by atoms with van der Waals surface area (Å²) in [6.45, 7) is 0. The Morgan fingerprint density at radius 1 is 1.05 bits per heavy atom. The van der Waals surface area contributed by atoms with Crippen molar-refractivity contribution in [1.82, 2.24) is 4.98 Å². The summed E-state index contributed by atoms with van der Waals surface area (Å²) in [5.41, 5.74) is 9.83. The zero-order valence-corrected chi connectivity index (χ0v) is 11.3. The number of aromatic nitrogens is 2. The van der Waals surface area contributed by atoms with Crippen LogP contribution in [0, 0.1) is 11.3 Å². The molecule has 0 aliphatic heterocycles. The monoisotopic (exact) mass is 273 g/mol. The number of hydrogen-bond donors (Lipinski definition) is 1. The van der Waals surface area contributed by atoms with Crippen LogP contribution in [-0.2, 0) is 0 Å². The first-order valence-corrected chi connectivity index (χ1v) is 6.50. The molecule has 0 radical (unpaired) electrons. The summed E-state index contributed by atoms with van der Waals surface area (Å²) >= 11 is 0. The zero-order valence-electron chi connectivity index (χ0n) is 11.3. The number of rotatable bonds is 2. The highest BCUT2D eigenvalue weighted by Gasteiger charge is 2.18. The van der Waals surface area contributed by atoms with E-state index in [4.69, 9.17) is 5.73 Å². The van der Waals surface area contributed by atoms with Crippen molar-refractivity contribution in [2.75, 3.05) is 5.73 Å². The summed E-state index contributed by atoms with van der Waals surface area (Å²) in [5.74, 6) is 0. The third-order valence-electron chi connectivity index (χ3n) is 3.22. The van der Waals surface area contributed by atoms with Crippen molar-refractivity contribution in [2.45, 2.75) is 0 Å². The Morgan fingerprint density at radius 2 is 1.86 bits per heavy atom. The smallest absolute Gasteiger partial charge is 0.220 e. The number of nitrogen functional groups attached to an aromatic ring is 1. The van der Waals surface area contributed by atoms with Crippen molar-refractivity contribution in [3.05, 3.63) is 72.7 Å². The molecule has 0 aliphatic carbocycles. The summed E-state index contributed by atoms with van der Waals surface area (Å²) in [6, 6.07) is 17.6. The van der Waals surface area contributed by atoms with Gasteiger partial charge in [0.1, 0.15) is 6.07 Å². The fraction of sp³-hybridized carbons (Fsp3) is 0. The van der Waals surface area contributed by atoms with E-state index in [-0.39, 0.29) is 0 Å². The molecule has 0 spiro atoms. The van der Waals surface area contributed by atoms with Crippen LogP contribution in [0.25, 0.3) is 16.9 Å². The quantitative estimate of drug-likeness (QED) is 0.729. The van der Waals surface area contributed by atoms with Gasteiger partial charge < -0.3 is 5.73 Å². The van der Waals surface area contributed by atoms with Crippen molar-refractivity contribution in [3.63, 3.8) is 0 Å². The first-order valence-electron chi connectivity index (χ1n) is 6.50. The molecule has 21 heavy (non-hydrogen) atoms. The van der Waals surface area contributed by atoms with Crippen LogP contribution in [0.15, 0.2) is 67.1 Å². The summed E-state index contributed by atoms with van der Waals surface area (Å²) in [4.78, 5) is 4.01. The number of nitriles is 1. The van der Waals surface area contributed by atoms with Crippen molar-refractivity contribution in [3.8, 4) is 23.0 Å². The Morgan fingerprint density at radius 3 is 2.62 bits per heavy atom. The minimum Gasteiger partial charge on any atom is -0.394 e. The van der Waals surface area contributed by atoms with Crippen molar-refractivity contribution in [1.29, 1.82) is 5.26 Å². The molecule has 2 heterocycles. The molecular formula is C17H13N4+. The summed E-state index contributed by atoms with van der Waals surface area (Å²) in [5, 5.41) is 9.27. The maximum Gasteiger partial charge on any atom is 0.220 e. The molecule has 0 fully saturated rings. The second-order valence-corrected chi connectivity index (χ2v) is 4.59. The van der Waals surface area contributed by atoms with Crippen LogP contribution in [0.1, 0.15) is 5.56 Å². The van der Waals surface area contributed by atoms with E-state index in [9.17, 15) is 5.26 Å². The number of benzene rings is 1. The van der Waals surface area contributed by atoms with Gasteiger partial charge in [-0.2, -0.15) is 9.83 Å². The van der Waals surface area contributed by atoms with Gasteiger partial charge >= 0.3 is 0 Å². The average Bonchev–Trinajstić information content (AvgIpc) is 2.55. The molecule has 0 saturated heterocycles. The maximum atomic E-state index is 9.27. The van der Waals surface area contributed by atoms with Crippen LogP contribution >= 0.6 is 0 Å². The zero-order chi connectivity index (χ0) is 14.7. The van der Waals surface area contributed by atoms with Crippen LogP contribution in [0.5, 0.6) is 0 Å². The molecule has 1 aromatic carbocycles. The highest BCUT2D eigenvalue weighted by Crippen LogP contribution is 2.21. The SMILES string of the molecule is N#Cc1cnccc1-c1ccc(N)c[n+]1-c1ccccc1. The molecule has 3 rings (SSSR count). The van der Waals surface area contributed by atoms with E-state index < -0.39 is 0 Å². The predicted octanol–water partition coefficient (Wildman–Crippen LogP) is 2.48. The highest BCUT2D eigenvalue weighted by molar-refractivity contribution is 5.65. The third-order valence-corrected chi connectivity index (χ3v) is 3.22. The Kier molecular flexibility index (Phi) is 3.32. The lowest BCUT2D eigenvalue weighted by Crippen LogP contribution is -2.33. The molecule has 0 atom stereocenters. The maximum absolute atomic E-state index is 9.27. The van der Waals surface area contributed by atoms with Gasteiger partial charge in [-0.1, -0.05) is 18.2 Å². The Labute approximate surface area is 122 Å². The van der Waals surface area contributed by atoms with E-state index in [1.54, 1.807) is 12.4 Å². The van der Waals surface area contributed by atoms with Crippen LogP contribution < -0.4 is 10.3 Å². The molecule has 2 aromatic heterocycles. The molecule has 3 aromatic rings. The number of nitrogens with two attached hydrogens (primary N) is 1. The molecule has 0 saturated carbocycles. The van der Waals surface area contributed by atoms with Crippen LogP contribution in [0.3, 0.4) is 0 Å². The molecule has 4 nitrogen and oxygen atoms in total. The van der Waals surface area contributed by atoms with Crippen molar-refractivity contribution >= 4 is 5.69 Å². The lowest BCUT2D eigenvalue weighted by Gasteiger charge is -2.05. The summed E-state index contributed by atoms with van der Waals surface area (Å²) in [7, 11) is 0. The molecular weight excluding hydrogens is 260 g/mol. The van der Waals surface area contributed by atoms with Gasteiger partial charge in [0.25, 0.3) is 0 Å². The van der Waals surface area contributed by atoms with E-state index >= 15 is 0 Å². The number of hydrogen-bond acceptors (Lipinski definition) is 3. The van der Waals surface area contributed by atoms with Gasteiger partial charge in [0, 0.05) is 30.6 Å². The van der Waals surface area contributed by atoms with Crippen molar-refractivity contribution in [2.24, 2.45) is 0 Å². The summed E-state index contributed by atoms with van der Waals surface area (Å²) < 4.78 is 1.98. The molecule has 100 valence electrons. The lowest BCUT2D eigenvalue weighted by molar-refractivity contribution is -0.583. The van der Waals surface area contributed by atoms with Crippen LogP contribution in [0.4, 0.5) is 5.69 Å². The molecule has 0 unspecified atom stereocenters.